The average Bonchev–Trinajstić information content (AvgIpc) is 3.39. The molecular weight excluding hydrogens is 332 g/mol. The van der Waals surface area contributed by atoms with E-state index in [1.807, 2.05) is 28.8 Å². The quantitative estimate of drug-likeness (QED) is 0.774. The highest BCUT2D eigenvalue weighted by atomic mass is 16.5. The number of likely N-dealkylation sites (tertiary alicyclic amines) is 1. The molecule has 2 aliphatic heterocycles. The van der Waals surface area contributed by atoms with E-state index < -0.39 is 0 Å². The van der Waals surface area contributed by atoms with Crippen LogP contribution >= 0.6 is 0 Å². The summed E-state index contributed by atoms with van der Waals surface area (Å²) in [4.78, 5) is 7.47. The van der Waals surface area contributed by atoms with E-state index in [0.717, 1.165) is 76.1 Å². The van der Waals surface area contributed by atoms with Crippen molar-refractivity contribution >= 4 is 0 Å². The molecule has 8 nitrogen and oxygen atoms in total. The van der Waals surface area contributed by atoms with Gasteiger partial charge in [-0.15, -0.1) is 0 Å². The molecule has 1 atom stereocenters. The monoisotopic (exact) mass is 360 g/mol. The Hall–Kier alpha value is -1.77. The minimum Gasteiger partial charge on any atom is -0.383 e. The Labute approximate surface area is 154 Å². The maximum absolute atomic E-state index is 5.50. The average molecular weight is 360 g/mol. The van der Waals surface area contributed by atoms with E-state index in [1.54, 1.807) is 7.11 Å². The van der Waals surface area contributed by atoms with Crippen LogP contribution in [0.3, 0.4) is 0 Å². The van der Waals surface area contributed by atoms with Gasteiger partial charge >= 0.3 is 0 Å². The number of nitrogens with zero attached hydrogens (tertiary/aromatic N) is 6. The minimum atomic E-state index is 0.395. The summed E-state index contributed by atoms with van der Waals surface area (Å²) in [6.07, 6.45) is 6.98. The summed E-state index contributed by atoms with van der Waals surface area (Å²) in [5, 5.41) is 9.22. The van der Waals surface area contributed by atoms with Crippen molar-refractivity contribution in [3.05, 3.63) is 24.0 Å². The van der Waals surface area contributed by atoms with Crippen LogP contribution in [-0.4, -0.2) is 76.0 Å². The van der Waals surface area contributed by atoms with Crippen molar-refractivity contribution in [1.82, 2.24) is 29.4 Å². The predicted molar refractivity (Wildman–Crippen MR) is 96.6 cm³/mol. The summed E-state index contributed by atoms with van der Waals surface area (Å²) in [7, 11) is 3.69. The van der Waals surface area contributed by atoms with Crippen molar-refractivity contribution in [2.24, 2.45) is 7.05 Å². The molecule has 0 aromatic carbocycles. The first kappa shape index (κ1) is 17.6. The normalized spacial score (nSPS) is 22.3. The van der Waals surface area contributed by atoms with E-state index in [4.69, 9.17) is 19.6 Å². The molecule has 0 radical (unpaired) electrons. The Bertz CT molecular complexity index is 721. The van der Waals surface area contributed by atoms with Gasteiger partial charge in [-0.3, -0.25) is 4.68 Å². The van der Waals surface area contributed by atoms with E-state index >= 15 is 0 Å². The highest BCUT2D eigenvalue weighted by Crippen LogP contribution is 2.31. The van der Waals surface area contributed by atoms with Crippen LogP contribution in [0.4, 0.5) is 0 Å². The molecule has 0 N–H and O–H groups in total. The van der Waals surface area contributed by atoms with Gasteiger partial charge in [0, 0.05) is 52.3 Å². The maximum atomic E-state index is 5.50. The molecule has 142 valence electrons. The minimum absolute atomic E-state index is 0.395. The van der Waals surface area contributed by atoms with E-state index in [-0.39, 0.29) is 0 Å². The second kappa shape index (κ2) is 7.85. The SMILES string of the molecule is COCCN1CCC(c2nc(C3CCOCC3)nn2-c2cnn(C)c2)C1. The van der Waals surface area contributed by atoms with Crippen molar-refractivity contribution < 1.29 is 9.47 Å². The molecule has 0 saturated carbocycles. The van der Waals surface area contributed by atoms with E-state index in [2.05, 4.69) is 10.00 Å². The zero-order valence-corrected chi connectivity index (χ0v) is 15.7. The first-order valence-corrected chi connectivity index (χ1v) is 9.49. The molecule has 2 fully saturated rings. The van der Waals surface area contributed by atoms with Crippen LogP contribution in [0.5, 0.6) is 0 Å². The van der Waals surface area contributed by atoms with Crippen LogP contribution < -0.4 is 0 Å². The number of rotatable bonds is 6. The van der Waals surface area contributed by atoms with E-state index in [0.29, 0.717) is 11.8 Å². The fourth-order valence-corrected chi connectivity index (χ4v) is 3.91. The Morgan fingerprint density at radius 2 is 2.08 bits per heavy atom. The molecule has 0 bridgehead atoms. The van der Waals surface area contributed by atoms with Gasteiger partial charge in [0.25, 0.3) is 0 Å². The van der Waals surface area contributed by atoms with Crippen LogP contribution in [0.2, 0.25) is 0 Å². The summed E-state index contributed by atoms with van der Waals surface area (Å²) >= 11 is 0. The van der Waals surface area contributed by atoms with Crippen molar-refractivity contribution in [3.8, 4) is 5.69 Å². The van der Waals surface area contributed by atoms with Gasteiger partial charge in [-0.05, 0) is 25.8 Å². The van der Waals surface area contributed by atoms with Crippen LogP contribution in [0.25, 0.3) is 5.69 Å². The van der Waals surface area contributed by atoms with E-state index in [9.17, 15) is 0 Å². The molecule has 2 saturated heterocycles. The predicted octanol–water partition coefficient (Wildman–Crippen LogP) is 1.33. The number of hydrogen-bond donors (Lipinski definition) is 0. The topological polar surface area (TPSA) is 70.2 Å². The number of ether oxygens (including phenoxy) is 2. The van der Waals surface area contributed by atoms with Crippen LogP contribution in [0.1, 0.15) is 42.7 Å². The van der Waals surface area contributed by atoms with Crippen LogP contribution in [0.15, 0.2) is 12.4 Å². The second-order valence-corrected chi connectivity index (χ2v) is 7.28. The zero-order valence-electron chi connectivity index (χ0n) is 15.7. The number of hydrogen-bond acceptors (Lipinski definition) is 6. The Kier molecular flexibility index (Phi) is 5.33. The van der Waals surface area contributed by atoms with Crippen molar-refractivity contribution in [1.29, 1.82) is 0 Å². The lowest BCUT2D eigenvalue weighted by atomic mass is 10.00. The molecule has 4 heterocycles. The van der Waals surface area contributed by atoms with Gasteiger partial charge in [-0.1, -0.05) is 0 Å². The van der Waals surface area contributed by atoms with Gasteiger partial charge < -0.3 is 14.4 Å². The fraction of sp³-hybridized carbons (Fsp3) is 0.722. The molecule has 2 aliphatic rings. The lowest BCUT2D eigenvalue weighted by Crippen LogP contribution is -2.25. The van der Waals surface area contributed by atoms with Crippen molar-refractivity contribution in [3.63, 3.8) is 0 Å². The summed E-state index contributed by atoms with van der Waals surface area (Å²) in [6.45, 7) is 5.44. The maximum Gasteiger partial charge on any atom is 0.154 e. The Morgan fingerprint density at radius 3 is 2.81 bits per heavy atom. The third-order valence-corrected chi connectivity index (χ3v) is 5.42. The van der Waals surface area contributed by atoms with Gasteiger partial charge in [-0.2, -0.15) is 10.2 Å². The molecule has 0 spiro atoms. The van der Waals surface area contributed by atoms with Crippen LogP contribution in [0, 0.1) is 0 Å². The fourth-order valence-electron chi connectivity index (χ4n) is 3.91. The highest BCUT2D eigenvalue weighted by Gasteiger charge is 2.31. The molecule has 8 heteroatoms. The Balaban J connectivity index is 1.60. The Morgan fingerprint density at radius 1 is 1.23 bits per heavy atom. The molecule has 0 aliphatic carbocycles. The summed E-state index contributed by atoms with van der Waals surface area (Å²) in [6, 6.07) is 0. The standard InChI is InChI=1S/C18H28N6O2/c1-22-13-16(11-19-22)24-18(15-3-6-23(12-15)7-10-25-2)20-17(21-24)14-4-8-26-9-5-14/h11,13-15H,3-10,12H2,1-2H3. The number of methoxy groups -OCH3 is 1. The first-order valence-electron chi connectivity index (χ1n) is 9.49. The van der Waals surface area contributed by atoms with Crippen molar-refractivity contribution in [2.75, 3.05) is 46.6 Å². The summed E-state index contributed by atoms with van der Waals surface area (Å²) in [5.74, 6) is 2.82. The van der Waals surface area contributed by atoms with E-state index in [1.165, 1.54) is 0 Å². The molecule has 1 unspecified atom stereocenters. The number of aromatic nitrogens is 5. The lowest BCUT2D eigenvalue weighted by molar-refractivity contribution is 0.0836. The molecule has 2 aromatic rings. The van der Waals surface area contributed by atoms with Crippen molar-refractivity contribution in [2.45, 2.75) is 31.1 Å². The molecule has 2 aromatic heterocycles. The lowest BCUT2D eigenvalue weighted by Gasteiger charge is -2.18. The third-order valence-electron chi connectivity index (χ3n) is 5.42. The van der Waals surface area contributed by atoms with Crippen LogP contribution in [-0.2, 0) is 16.5 Å². The summed E-state index contributed by atoms with van der Waals surface area (Å²) in [5.41, 5.74) is 0.989. The van der Waals surface area contributed by atoms with Gasteiger partial charge in [0.1, 0.15) is 11.5 Å². The molecule has 26 heavy (non-hydrogen) atoms. The molecular formula is C18H28N6O2. The second-order valence-electron chi connectivity index (χ2n) is 7.28. The van der Waals surface area contributed by atoms with Gasteiger partial charge in [-0.25, -0.2) is 9.67 Å². The molecule has 0 amide bonds. The highest BCUT2D eigenvalue weighted by molar-refractivity contribution is 5.27. The van der Waals surface area contributed by atoms with Gasteiger partial charge in [0.15, 0.2) is 5.82 Å². The van der Waals surface area contributed by atoms with Gasteiger partial charge in [0.05, 0.1) is 19.0 Å². The summed E-state index contributed by atoms with van der Waals surface area (Å²) < 4.78 is 14.6. The third kappa shape index (κ3) is 3.67. The zero-order chi connectivity index (χ0) is 17.9. The smallest absolute Gasteiger partial charge is 0.154 e. The van der Waals surface area contributed by atoms with Gasteiger partial charge in [0.2, 0.25) is 0 Å². The molecule has 4 rings (SSSR count). The number of aryl methyl sites for hydroxylation is 1. The largest absolute Gasteiger partial charge is 0.383 e. The first-order chi connectivity index (χ1) is 12.7.